The molecule has 0 aliphatic carbocycles. The summed E-state index contributed by atoms with van der Waals surface area (Å²) in [5.74, 6) is 6.25. The number of rotatable bonds is 5. The van der Waals surface area contributed by atoms with Crippen LogP contribution in [0.1, 0.15) is 32.6 Å². The van der Waals surface area contributed by atoms with Crippen LogP contribution in [0, 0.1) is 11.8 Å². The molecule has 0 saturated heterocycles. The van der Waals surface area contributed by atoms with Gasteiger partial charge in [0, 0.05) is 17.8 Å². The van der Waals surface area contributed by atoms with Crippen LogP contribution in [0.15, 0.2) is 17.5 Å². The molecule has 0 aliphatic rings. The average molecular weight is 354 g/mol. The third-order valence-electron chi connectivity index (χ3n) is 2.87. The Hall–Kier alpha value is -1.45. The maximum absolute atomic E-state index is 12.2. The van der Waals surface area contributed by atoms with Gasteiger partial charge in [-0.25, -0.2) is 4.79 Å². The zero-order chi connectivity index (χ0) is 17.3. The number of esters is 1. The molecule has 1 aromatic heterocycles. The molecular weight excluding hydrogens is 330 g/mol. The summed E-state index contributed by atoms with van der Waals surface area (Å²) < 4.78 is 4.81. The highest BCUT2D eigenvalue weighted by atomic mass is 32.2. The van der Waals surface area contributed by atoms with Crippen molar-refractivity contribution < 1.29 is 14.3 Å². The van der Waals surface area contributed by atoms with Crippen molar-refractivity contribution in [3.8, 4) is 11.8 Å². The van der Waals surface area contributed by atoms with Crippen molar-refractivity contribution in [1.82, 2.24) is 4.90 Å². The lowest BCUT2D eigenvalue weighted by atomic mass is 10.1. The lowest BCUT2D eigenvalue weighted by Crippen LogP contribution is -2.50. The SMILES string of the molecule is CCOC(=O)C(=O)N(CCSCC#Cc1cccs1)C(C)(C)C. The molecule has 23 heavy (non-hydrogen) atoms. The van der Waals surface area contributed by atoms with Gasteiger partial charge in [0.05, 0.1) is 17.2 Å². The molecule has 0 fully saturated rings. The molecule has 1 heterocycles. The van der Waals surface area contributed by atoms with Crippen molar-refractivity contribution in [3.63, 3.8) is 0 Å². The summed E-state index contributed by atoms with van der Waals surface area (Å²) in [4.78, 5) is 26.4. The van der Waals surface area contributed by atoms with Crippen LogP contribution >= 0.6 is 23.1 Å². The monoisotopic (exact) mass is 353 g/mol. The highest BCUT2D eigenvalue weighted by Crippen LogP contribution is 2.15. The van der Waals surface area contributed by atoms with Crippen molar-refractivity contribution in [2.24, 2.45) is 0 Å². The number of hydrogen-bond acceptors (Lipinski definition) is 5. The highest BCUT2D eigenvalue weighted by molar-refractivity contribution is 7.99. The lowest BCUT2D eigenvalue weighted by molar-refractivity contribution is -0.162. The van der Waals surface area contributed by atoms with Gasteiger partial charge in [0.15, 0.2) is 0 Å². The first kappa shape index (κ1) is 19.6. The Kier molecular flexibility index (Phi) is 8.21. The minimum atomic E-state index is -0.787. The topological polar surface area (TPSA) is 46.6 Å². The van der Waals surface area contributed by atoms with Crippen LogP contribution in [0.5, 0.6) is 0 Å². The fourth-order valence-electron chi connectivity index (χ4n) is 1.80. The van der Waals surface area contributed by atoms with E-state index < -0.39 is 17.4 Å². The second kappa shape index (κ2) is 9.64. The van der Waals surface area contributed by atoms with E-state index in [4.69, 9.17) is 4.74 Å². The number of nitrogens with zero attached hydrogens (tertiary/aromatic N) is 1. The molecule has 0 saturated carbocycles. The van der Waals surface area contributed by atoms with E-state index in [2.05, 4.69) is 11.8 Å². The van der Waals surface area contributed by atoms with Crippen LogP contribution in [-0.2, 0) is 14.3 Å². The van der Waals surface area contributed by atoms with Crippen molar-refractivity contribution >= 4 is 35.0 Å². The molecule has 126 valence electrons. The third kappa shape index (κ3) is 7.10. The number of thiophene rings is 1. The quantitative estimate of drug-likeness (QED) is 0.353. The van der Waals surface area contributed by atoms with Gasteiger partial charge in [0.25, 0.3) is 0 Å². The summed E-state index contributed by atoms with van der Waals surface area (Å²) >= 11 is 3.27. The number of carbonyl (C=O) groups excluding carboxylic acids is 2. The average Bonchev–Trinajstić information content (AvgIpc) is 2.98. The first-order valence-electron chi connectivity index (χ1n) is 7.45. The Morgan fingerprint density at radius 3 is 2.70 bits per heavy atom. The zero-order valence-corrected chi connectivity index (χ0v) is 15.7. The number of amides is 1. The Labute approximate surface area is 146 Å². The number of hydrogen-bond donors (Lipinski definition) is 0. The van der Waals surface area contributed by atoms with Crippen LogP contribution in [0.4, 0.5) is 0 Å². The Morgan fingerprint density at radius 2 is 2.13 bits per heavy atom. The Morgan fingerprint density at radius 1 is 1.39 bits per heavy atom. The molecule has 0 unspecified atom stereocenters. The Balaban J connectivity index is 2.46. The standard InChI is InChI=1S/C17H23NO3S2/c1-5-21-16(20)15(19)18(17(2,3)4)10-13-22-11-6-8-14-9-7-12-23-14/h7,9,12H,5,10-11,13H2,1-4H3. The molecule has 0 spiro atoms. The molecule has 1 aromatic rings. The normalized spacial score (nSPS) is 10.6. The van der Waals surface area contributed by atoms with Crippen molar-refractivity contribution in [2.75, 3.05) is 24.7 Å². The van der Waals surface area contributed by atoms with Gasteiger partial charge in [-0.05, 0) is 39.1 Å². The lowest BCUT2D eigenvalue weighted by Gasteiger charge is -2.34. The maximum Gasteiger partial charge on any atom is 0.397 e. The summed E-state index contributed by atoms with van der Waals surface area (Å²) in [5.41, 5.74) is -0.424. The highest BCUT2D eigenvalue weighted by Gasteiger charge is 2.31. The minimum Gasteiger partial charge on any atom is -0.459 e. The molecule has 0 aromatic carbocycles. The molecule has 0 radical (unpaired) electrons. The number of carbonyl (C=O) groups is 2. The van der Waals surface area contributed by atoms with Crippen molar-refractivity contribution in [3.05, 3.63) is 22.4 Å². The summed E-state index contributed by atoms with van der Waals surface area (Å²) in [6.45, 7) is 8.11. The van der Waals surface area contributed by atoms with Crippen molar-refractivity contribution in [1.29, 1.82) is 0 Å². The van der Waals surface area contributed by atoms with Gasteiger partial charge in [-0.3, -0.25) is 4.79 Å². The van der Waals surface area contributed by atoms with Crippen LogP contribution in [0.25, 0.3) is 0 Å². The smallest absolute Gasteiger partial charge is 0.397 e. The maximum atomic E-state index is 12.2. The van der Waals surface area contributed by atoms with Gasteiger partial charge in [0.1, 0.15) is 0 Å². The predicted molar refractivity (Wildman–Crippen MR) is 96.6 cm³/mol. The van der Waals surface area contributed by atoms with Gasteiger partial charge >= 0.3 is 11.9 Å². The molecule has 6 heteroatoms. The van der Waals surface area contributed by atoms with E-state index in [0.717, 1.165) is 10.6 Å². The fourth-order valence-corrected chi connectivity index (χ4v) is 3.02. The molecule has 1 amide bonds. The third-order valence-corrected chi connectivity index (χ3v) is 4.48. The minimum absolute atomic E-state index is 0.204. The second-order valence-electron chi connectivity index (χ2n) is 5.68. The van der Waals surface area contributed by atoms with Gasteiger partial charge in [-0.15, -0.1) is 23.1 Å². The molecule has 4 nitrogen and oxygen atoms in total. The fraction of sp³-hybridized carbons (Fsp3) is 0.529. The van der Waals surface area contributed by atoms with E-state index in [-0.39, 0.29) is 6.61 Å². The van der Waals surface area contributed by atoms with Crippen LogP contribution in [0.3, 0.4) is 0 Å². The summed E-state index contributed by atoms with van der Waals surface area (Å²) in [6.07, 6.45) is 0. The zero-order valence-electron chi connectivity index (χ0n) is 14.0. The van der Waals surface area contributed by atoms with E-state index >= 15 is 0 Å². The van der Waals surface area contributed by atoms with Crippen molar-refractivity contribution in [2.45, 2.75) is 33.2 Å². The predicted octanol–water partition coefficient (Wildman–Crippen LogP) is 3.02. The summed E-state index contributed by atoms with van der Waals surface area (Å²) in [7, 11) is 0. The molecule has 0 atom stereocenters. The van der Waals surface area contributed by atoms with Gasteiger partial charge in [0.2, 0.25) is 0 Å². The van der Waals surface area contributed by atoms with E-state index in [9.17, 15) is 9.59 Å². The van der Waals surface area contributed by atoms with Gasteiger partial charge < -0.3 is 9.64 Å². The molecule has 0 N–H and O–H groups in total. The van der Waals surface area contributed by atoms with Crippen LogP contribution in [-0.4, -0.2) is 47.0 Å². The van der Waals surface area contributed by atoms with Gasteiger partial charge in [-0.1, -0.05) is 17.9 Å². The van der Waals surface area contributed by atoms with Crippen LogP contribution < -0.4 is 0 Å². The molecule has 0 aliphatic heterocycles. The van der Waals surface area contributed by atoms with Crippen LogP contribution in [0.2, 0.25) is 0 Å². The summed E-state index contributed by atoms with van der Waals surface area (Å²) in [5, 5.41) is 2.00. The summed E-state index contributed by atoms with van der Waals surface area (Å²) in [6, 6.07) is 3.96. The Bertz CT molecular complexity index is 565. The molecular formula is C17H23NO3S2. The molecule has 1 rings (SSSR count). The van der Waals surface area contributed by atoms with Gasteiger partial charge in [-0.2, -0.15) is 0 Å². The first-order chi connectivity index (χ1) is 10.9. The second-order valence-corrected chi connectivity index (χ2v) is 7.73. The largest absolute Gasteiger partial charge is 0.459 e. The van der Waals surface area contributed by atoms with E-state index in [0.29, 0.717) is 12.3 Å². The molecule has 0 bridgehead atoms. The number of ether oxygens (including phenoxy) is 1. The van der Waals surface area contributed by atoms with E-state index in [1.807, 2.05) is 38.3 Å². The van der Waals surface area contributed by atoms with E-state index in [1.165, 1.54) is 0 Å². The van der Waals surface area contributed by atoms with E-state index in [1.54, 1.807) is 34.9 Å². The number of thioether (sulfide) groups is 1. The first-order valence-corrected chi connectivity index (χ1v) is 9.48.